The molecule has 0 aliphatic rings. The Morgan fingerprint density at radius 2 is 1.68 bits per heavy atom. The normalized spacial score (nSPS) is 11.1. The molecular weight excluding hydrogens is 466 g/mol. The summed E-state index contributed by atoms with van der Waals surface area (Å²) in [5.74, 6) is -0.0491. The maximum absolute atomic E-state index is 13.2. The van der Waals surface area contributed by atoms with Crippen LogP contribution in [0.2, 0.25) is 0 Å². The zero-order valence-corrected chi connectivity index (χ0v) is 20.4. The average molecular weight is 494 g/mol. The molecule has 0 atom stereocenters. The minimum absolute atomic E-state index is 0.0294. The highest BCUT2D eigenvalue weighted by Gasteiger charge is 2.17. The monoisotopic (exact) mass is 493 g/mol. The largest absolute Gasteiger partial charge is 0.365 e. The molecule has 9 heteroatoms. The van der Waals surface area contributed by atoms with E-state index >= 15 is 0 Å². The molecule has 0 aliphatic heterocycles. The highest BCUT2D eigenvalue weighted by atomic mass is 16.2. The van der Waals surface area contributed by atoms with E-state index in [0.29, 0.717) is 17.9 Å². The zero-order valence-electron chi connectivity index (χ0n) is 20.4. The number of hydrogen-bond donors (Lipinski definition) is 3. The molecule has 2 aromatic carbocycles. The van der Waals surface area contributed by atoms with Crippen molar-refractivity contribution in [1.82, 2.24) is 30.0 Å². The van der Waals surface area contributed by atoms with Gasteiger partial charge >= 0.3 is 0 Å². The molecule has 5 rings (SSSR count). The first-order valence-electron chi connectivity index (χ1n) is 12.0. The Labute approximate surface area is 213 Å². The molecule has 0 spiro atoms. The van der Waals surface area contributed by atoms with E-state index in [1.807, 2.05) is 42.5 Å². The first-order chi connectivity index (χ1) is 18.1. The van der Waals surface area contributed by atoms with E-state index < -0.39 is 0 Å². The number of fused-ring (bicyclic) bond motifs is 1. The summed E-state index contributed by atoms with van der Waals surface area (Å²) in [5.41, 5.74) is 4.07. The van der Waals surface area contributed by atoms with Crippen molar-refractivity contribution in [2.75, 3.05) is 11.9 Å². The van der Waals surface area contributed by atoms with Gasteiger partial charge < -0.3 is 10.6 Å². The smallest absolute Gasteiger partial charge is 0.293 e. The van der Waals surface area contributed by atoms with E-state index in [1.54, 1.807) is 25.5 Å². The van der Waals surface area contributed by atoms with Crippen LogP contribution in [0.15, 0.2) is 90.1 Å². The molecule has 0 bridgehead atoms. The molecule has 3 heterocycles. The summed E-state index contributed by atoms with van der Waals surface area (Å²) in [4.78, 5) is 34.6. The zero-order chi connectivity index (χ0) is 25.6. The third-order valence-electron chi connectivity index (χ3n) is 6.28. The van der Waals surface area contributed by atoms with Crippen LogP contribution in [0.5, 0.6) is 0 Å². The lowest BCUT2D eigenvalue weighted by atomic mass is 9.91. The van der Waals surface area contributed by atoms with Gasteiger partial charge in [-0.25, -0.2) is 4.98 Å². The van der Waals surface area contributed by atoms with Crippen molar-refractivity contribution in [1.29, 1.82) is 0 Å². The number of amides is 1. The van der Waals surface area contributed by atoms with Gasteiger partial charge in [0.05, 0.1) is 30.1 Å². The van der Waals surface area contributed by atoms with Gasteiger partial charge in [0.1, 0.15) is 6.54 Å². The summed E-state index contributed by atoms with van der Waals surface area (Å²) in [6.45, 7) is 2.38. The highest BCUT2D eigenvalue weighted by molar-refractivity contribution is 5.78. The molecule has 37 heavy (non-hydrogen) atoms. The molecule has 1 amide bonds. The van der Waals surface area contributed by atoms with E-state index in [-0.39, 0.29) is 36.3 Å². The molecule has 0 saturated carbocycles. The van der Waals surface area contributed by atoms with Gasteiger partial charge in [-0.15, -0.1) is 0 Å². The summed E-state index contributed by atoms with van der Waals surface area (Å²) >= 11 is 0. The molecule has 3 N–H and O–H groups in total. The molecule has 0 radical (unpaired) electrons. The SMILES string of the molecule is Cc1cnc(NCC(c2ccccc2)c2ccccc2)c(=O)n1CC(=O)NCc1cc2cn[nH]c2cn1. The first kappa shape index (κ1) is 23.9. The summed E-state index contributed by atoms with van der Waals surface area (Å²) in [7, 11) is 0. The fourth-order valence-corrected chi connectivity index (χ4v) is 4.26. The van der Waals surface area contributed by atoms with Gasteiger partial charge in [-0.3, -0.25) is 24.2 Å². The summed E-state index contributed by atoms with van der Waals surface area (Å²) in [5, 5.41) is 13.8. The lowest BCUT2D eigenvalue weighted by Gasteiger charge is -2.19. The predicted octanol–water partition coefficient (Wildman–Crippen LogP) is 3.38. The molecule has 9 nitrogen and oxygen atoms in total. The van der Waals surface area contributed by atoms with E-state index in [9.17, 15) is 9.59 Å². The fraction of sp³-hybridized carbons (Fsp3) is 0.179. The molecule has 0 aliphatic carbocycles. The second kappa shape index (κ2) is 10.9. The van der Waals surface area contributed by atoms with Crippen LogP contribution in [0, 0.1) is 6.92 Å². The minimum atomic E-state index is -0.340. The second-order valence-corrected chi connectivity index (χ2v) is 8.80. The lowest BCUT2D eigenvalue weighted by Crippen LogP contribution is -2.35. The van der Waals surface area contributed by atoms with Crippen LogP contribution in [0.3, 0.4) is 0 Å². The van der Waals surface area contributed by atoms with Gasteiger partial charge in [0, 0.05) is 29.7 Å². The quantitative estimate of drug-likeness (QED) is 0.290. The third-order valence-corrected chi connectivity index (χ3v) is 6.28. The van der Waals surface area contributed by atoms with Crippen LogP contribution in [-0.4, -0.2) is 37.2 Å². The van der Waals surface area contributed by atoms with Gasteiger partial charge in [-0.2, -0.15) is 5.10 Å². The van der Waals surface area contributed by atoms with Gasteiger partial charge in [-0.1, -0.05) is 60.7 Å². The van der Waals surface area contributed by atoms with Gasteiger partial charge in [0.2, 0.25) is 5.91 Å². The number of anilines is 1. The Kier molecular flexibility index (Phi) is 7.02. The van der Waals surface area contributed by atoms with E-state index in [2.05, 4.69) is 55.1 Å². The number of H-pyrrole nitrogens is 1. The van der Waals surface area contributed by atoms with Gasteiger partial charge in [0.25, 0.3) is 5.56 Å². The minimum Gasteiger partial charge on any atom is -0.365 e. The second-order valence-electron chi connectivity index (χ2n) is 8.80. The van der Waals surface area contributed by atoms with Crippen LogP contribution >= 0.6 is 0 Å². The van der Waals surface area contributed by atoms with Crippen LogP contribution in [0.1, 0.15) is 28.4 Å². The van der Waals surface area contributed by atoms with E-state index in [4.69, 9.17) is 0 Å². The van der Waals surface area contributed by atoms with Crippen molar-refractivity contribution >= 4 is 22.6 Å². The summed E-state index contributed by atoms with van der Waals surface area (Å²) in [6.07, 6.45) is 4.99. The molecule has 0 fully saturated rings. The maximum atomic E-state index is 13.2. The number of hydrogen-bond acceptors (Lipinski definition) is 6. The fourth-order valence-electron chi connectivity index (χ4n) is 4.26. The molecule has 186 valence electrons. The Bertz CT molecular complexity index is 1520. The molecular formula is C28H27N7O2. The molecule has 0 unspecified atom stereocenters. The topological polar surface area (TPSA) is 118 Å². The number of carbonyl (C=O) groups is 1. The van der Waals surface area contributed by atoms with E-state index in [0.717, 1.165) is 22.0 Å². The van der Waals surface area contributed by atoms with Crippen LogP contribution in [-0.2, 0) is 17.9 Å². The number of aromatic nitrogens is 5. The summed E-state index contributed by atoms with van der Waals surface area (Å²) in [6, 6.07) is 22.1. The van der Waals surface area contributed by atoms with Crippen molar-refractivity contribution in [2.45, 2.75) is 25.9 Å². The Balaban J connectivity index is 1.28. The Morgan fingerprint density at radius 3 is 2.38 bits per heavy atom. The molecule has 3 aromatic heterocycles. The molecule has 5 aromatic rings. The third kappa shape index (κ3) is 5.56. The number of pyridine rings is 1. The van der Waals surface area contributed by atoms with Crippen molar-refractivity contribution in [3.8, 4) is 0 Å². The Hall–Kier alpha value is -4.79. The van der Waals surface area contributed by atoms with Crippen molar-refractivity contribution in [2.24, 2.45) is 0 Å². The van der Waals surface area contributed by atoms with Crippen LogP contribution in [0.4, 0.5) is 5.82 Å². The number of aryl methyl sites for hydroxylation is 1. The molecule has 0 saturated heterocycles. The predicted molar refractivity (Wildman–Crippen MR) is 142 cm³/mol. The number of rotatable bonds is 9. The summed E-state index contributed by atoms with van der Waals surface area (Å²) < 4.78 is 1.43. The van der Waals surface area contributed by atoms with Crippen molar-refractivity contribution < 1.29 is 4.79 Å². The number of nitrogens with one attached hydrogen (secondary N) is 3. The lowest BCUT2D eigenvalue weighted by molar-refractivity contribution is -0.121. The van der Waals surface area contributed by atoms with E-state index in [1.165, 1.54) is 4.57 Å². The average Bonchev–Trinajstić information content (AvgIpc) is 3.40. The van der Waals surface area contributed by atoms with Crippen LogP contribution in [0.25, 0.3) is 10.9 Å². The highest BCUT2D eigenvalue weighted by Crippen LogP contribution is 2.24. The van der Waals surface area contributed by atoms with Crippen molar-refractivity contribution in [3.63, 3.8) is 0 Å². The number of aromatic amines is 1. The van der Waals surface area contributed by atoms with Crippen LogP contribution < -0.4 is 16.2 Å². The number of benzene rings is 2. The maximum Gasteiger partial charge on any atom is 0.293 e. The number of nitrogens with zero attached hydrogens (tertiary/aromatic N) is 4. The number of carbonyl (C=O) groups excluding carboxylic acids is 1. The standard InChI is InChI=1S/C28H27N7O2/c1-19-13-31-27(32-16-24(20-8-4-2-5-9-20)21-10-6-3-7-11-21)28(37)35(19)18-26(36)30-15-23-12-22-14-33-34-25(22)17-29-23/h2-14,17,24H,15-16,18H2,1H3,(H,30,36)(H,31,32)(H,33,34). The first-order valence-corrected chi connectivity index (χ1v) is 12.0. The Morgan fingerprint density at radius 1 is 0.973 bits per heavy atom. The van der Waals surface area contributed by atoms with Crippen molar-refractivity contribution in [3.05, 3.63) is 118 Å². The van der Waals surface area contributed by atoms with Gasteiger partial charge in [-0.05, 0) is 24.1 Å². The van der Waals surface area contributed by atoms with Gasteiger partial charge in [0.15, 0.2) is 5.82 Å².